The molecule has 1 aromatic heterocycles. The molecule has 0 bridgehead atoms. The Hall–Kier alpha value is -1.19. The number of hydrogen-bond donors (Lipinski definition) is 1. The third kappa shape index (κ3) is 2.15. The molecule has 1 unspecified atom stereocenters. The maximum atomic E-state index is 6.23. The second-order valence-electron chi connectivity index (χ2n) is 3.70. The summed E-state index contributed by atoms with van der Waals surface area (Å²) < 4.78 is 0.950. The van der Waals surface area contributed by atoms with Gasteiger partial charge in [0.1, 0.15) is 0 Å². The lowest BCUT2D eigenvalue weighted by Crippen LogP contribution is -2.15. The van der Waals surface area contributed by atoms with Crippen LogP contribution in [-0.4, -0.2) is 4.98 Å². The molecule has 0 saturated heterocycles. The van der Waals surface area contributed by atoms with E-state index in [-0.39, 0.29) is 6.04 Å². The molecular formula is C13H13BrN2. The predicted molar refractivity (Wildman–Crippen MR) is 69.1 cm³/mol. The number of halogens is 1. The van der Waals surface area contributed by atoms with Gasteiger partial charge in [-0.2, -0.15) is 0 Å². The number of hydrogen-bond acceptors (Lipinski definition) is 2. The molecule has 2 rings (SSSR count). The number of aryl methyl sites for hydroxylation is 1. The van der Waals surface area contributed by atoms with E-state index in [1.165, 1.54) is 5.56 Å². The van der Waals surface area contributed by atoms with Gasteiger partial charge in [0.15, 0.2) is 0 Å². The van der Waals surface area contributed by atoms with Gasteiger partial charge in [0.2, 0.25) is 0 Å². The molecule has 1 heterocycles. The first-order valence-electron chi connectivity index (χ1n) is 5.11. The fourth-order valence-corrected chi connectivity index (χ4v) is 2.21. The highest BCUT2D eigenvalue weighted by molar-refractivity contribution is 9.10. The van der Waals surface area contributed by atoms with Crippen molar-refractivity contribution in [1.82, 2.24) is 4.98 Å². The molecule has 0 amide bonds. The summed E-state index contributed by atoms with van der Waals surface area (Å²) in [6.45, 7) is 2.06. The molecule has 1 atom stereocenters. The van der Waals surface area contributed by atoms with Crippen LogP contribution in [0.15, 0.2) is 47.1 Å². The van der Waals surface area contributed by atoms with E-state index in [0.717, 1.165) is 15.7 Å². The van der Waals surface area contributed by atoms with Gasteiger partial charge in [-0.3, -0.25) is 4.98 Å². The molecular weight excluding hydrogens is 264 g/mol. The molecule has 1 aromatic carbocycles. The van der Waals surface area contributed by atoms with Crippen LogP contribution in [0.5, 0.6) is 0 Å². The smallest absolute Gasteiger partial charge is 0.0758 e. The van der Waals surface area contributed by atoms with Crippen LogP contribution in [0.1, 0.15) is 22.9 Å². The molecule has 2 N–H and O–H groups in total. The Bertz CT molecular complexity index is 451. The van der Waals surface area contributed by atoms with E-state index in [1.807, 2.05) is 30.3 Å². The largest absolute Gasteiger partial charge is 0.319 e. The van der Waals surface area contributed by atoms with Crippen LogP contribution in [0, 0.1) is 6.92 Å². The molecule has 16 heavy (non-hydrogen) atoms. The highest BCUT2D eigenvalue weighted by Crippen LogP contribution is 2.26. The number of benzene rings is 1. The summed E-state index contributed by atoms with van der Waals surface area (Å²) in [5.74, 6) is 0. The Morgan fingerprint density at radius 3 is 2.62 bits per heavy atom. The van der Waals surface area contributed by atoms with Crippen molar-refractivity contribution in [2.75, 3.05) is 0 Å². The molecule has 0 aliphatic heterocycles. The normalized spacial score (nSPS) is 12.4. The van der Waals surface area contributed by atoms with Crippen LogP contribution in [-0.2, 0) is 0 Å². The second kappa shape index (κ2) is 4.76. The van der Waals surface area contributed by atoms with E-state index in [4.69, 9.17) is 5.73 Å². The van der Waals surface area contributed by atoms with Crippen LogP contribution in [0.3, 0.4) is 0 Å². The first kappa shape index (κ1) is 11.3. The van der Waals surface area contributed by atoms with Gasteiger partial charge < -0.3 is 5.73 Å². The van der Waals surface area contributed by atoms with E-state index >= 15 is 0 Å². The number of nitrogens with zero attached hydrogens (tertiary/aromatic N) is 1. The highest BCUT2D eigenvalue weighted by atomic mass is 79.9. The van der Waals surface area contributed by atoms with Crippen molar-refractivity contribution in [1.29, 1.82) is 0 Å². The topological polar surface area (TPSA) is 38.9 Å². The molecule has 0 fully saturated rings. The van der Waals surface area contributed by atoms with Gasteiger partial charge in [-0.15, -0.1) is 0 Å². The Balaban J connectivity index is 2.44. The molecule has 0 aliphatic rings. The molecule has 2 nitrogen and oxygen atoms in total. The standard InChI is InChI=1S/C13H13BrN2/c1-9-5-2-3-6-10(9)12(15)13-11(14)7-4-8-16-13/h2-8,12H,15H2,1H3. The van der Waals surface area contributed by atoms with Crippen molar-refractivity contribution < 1.29 is 0 Å². The van der Waals surface area contributed by atoms with Crippen LogP contribution in [0.2, 0.25) is 0 Å². The van der Waals surface area contributed by atoms with Gasteiger partial charge in [0, 0.05) is 10.7 Å². The van der Waals surface area contributed by atoms with Gasteiger partial charge in [-0.05, 0) is 46.1 Å². The van der Waals surface area contributed by atoms with Crippen LogP contribution < -0.4 is 5.73 Å². The highest BCUT2D eigenvalue weighted by Gasteiger charge is 2.14. The lowest BCUT2D eigenvalue weighted by molar-refractivity contribution is 0.815. The van der Waals surface area contributed by atoms with Crippen LogP contribution in [0.4, 0.5) is 0 Å². The van der Waals surface area contributed by atoms with E-state index in [1.54, 1.807) is 6.20 Å². The van der Waals surface area contributed by atoms with Crippen molar-refractivity contribution in [3.63, 3.8) is 0 Å². The van der Waals surface area contributed by atoms with Crippen molar-refractivity contribution >= 4 is 15.9 Å². The zero-order chi connectivity index (χ0) is 11.5. The fourth-order valence-electron chi connectivity index (χ4n) is 1.71. The van der Waals surface area contributed by atoms with E-state index in [9.17, 15) is 0 Å². The van der Waals surface area contributed by atoms with Gasteiger partial charge in [0.25, 0.3) is 0 Å². The molecule has 2 aromatic rings. The Morgan fingerprint density at radius 1 is 1.19 bits per heavy atom. The zero-order valence-corrected chi connectivity index (χ0v) is 10.6. The minimum atomic E-state index is -0.184. The first-order chi connectivity index (χ1) is 7.70. The number of pyridine rings is 1. The fraction of sp³-hybridized carbons (Fsp3) is 0.154. The Kier molecular flexibility index (Phi) is 3.36. The van der Waals surface area contributed by atoms with E-state index in [0.29, 0.717) is 0 Å². The Labute approximate surface area is 104 Å². The Morgan fingerprint density at radius 2 is 1.94 bits per heavy atom. The van der Waals surface area contributed by atoms with Gasteiger partial charge >= 0.3 is 0 Å². The zero-order valence-electron chi connectivity index (χ0n) is 9.02. The molecule has 0 aliphatic carbocycles. The summed E-state index contributed by atoms with van der Waals surface area (Å²) in [7, 11) is 0. The van der Waals surface area contributed by atoms with Gasteiger partial charge in [-0.1, -0.05) is 24.3 Å². The monoisotopic (exact) mass is 276 g/mol. The lowest BCUT2D eigenvalue weighted by Gasteiger charge is -2.15. The van der Waals surface area contributed by atoms with Gasteiger partial charge in [-0.25, -0.2) is 0 Å². The maximum Gasteiger partial charge on any atom is 0.0758 e. The number of rotatable bonds is 2. The summed E-state index contributed by atoms with van der Waals surface area (Å²) in [6.07, 6.45) is 1.76. The van der Waals surface area contributed by atoms with Crippen molar-refractivity contribution in [3.05, 3.63) is 63.9 Å². The third-order valence-corrected chi connectivity index (χ3v) is 3.28. The molecule has 0 saturated carbocycles. The summed E-state index contributed by atoms with van der Waals surface area (Å²) in [5.41, 5.74) is 9.40. The minimum Gasteiger partial charge on any atom is -0.319 e. The summed E-state index contributed by atoms with van der Waals surface area (Å²) in [5, 5.41) is 0. The average Bonchev–Trinajstić information content (AvgIpc) is 2.29. The number of aromatic nitrogens is 1. The quantitative estimate of drug-likeness (QED) is 0.915. The molecule has 3 heteroatoms. The van der Waals surface area contributed by atoms with Crippen molar-refractivity contribution in [2.45, 2.75) is 13.0 Å². The third-order valence-electron chi connectivity index (χ3n) is 2.61. The van der Waals surface area contributed by atoms with Crippen LogP contribution in [0.25, 0.3) is 0 Å². The van der Waals surface area contributed by atoms with Crippen LogP contribution >= 0.6 is 15.9 Å². The summed E-state index contributed by atoms with van der Waals surface area (Å²) in [4.78, 5) is 4.32. The molecule has 82 valence electrons. The molecule has 0 radical (unpaired) electrons. The predicted octanol–water partition coefficient (Wildman–Crippen LogP) is 3.20. The van der Waals surface area contributed by atoms with Gasteiger partial charge in [0.05, 0.1) is 11.7 Å². The van der Waals surface area contributed by atoms with E-state index < -0.39 is 0 Å². The molecule has 0 spiro atoms. The lowest BCUT2D eigenvalue weighted by atomic mass is 9.99. The minimum absolute atomic E-state index is 0.184. The van der Waals surface area contributed by atoms with E-state index in [2.05, 4.69) is 33.9 Å². The average molecular weight is 277 g/mol. The summed E-state index contributed by atoms with van der Waals surface area (Å²) in [6, 6.07) is 11.8. The first-order valence-corrected chi connectivity index (χ1v) is 5.91. The SMILES string of the molecule is Cc1ccccc1C(N)c1ncccc1Br. The summed E-state index contributed by atoms with van der Waals surface area (Å²) >= 11 is 3.48. The van der Waals surface area contributed by atoms with Crippen molar-refractivity contribution in [3.8, 4) is 0 Å². The maximum absolute atomic E-state index is 6.23. The number of nitrogens with two attached hydrogens (primary N) is 1. The van der Waals surface area contributed by atoms with Crippen molar-refractivity contribution in [2.24, 2.45) is 5.73 Å². The second-order valence-corrected chi connectivity index (χ2v) is 4.56.